The predicted molar refractivity (Wildman–Crippen MR) is 38.0 cm³/mol. The van der Waals surface area contributed by atoms with E-state index < -0.39 is 17.7 Å². The molecule has 0 aliphatic rings. The maximum Gasteiger partial charge on any atom is 0.323 e. The molecule has 0 unspecified atom stereocenters. The maximum absolute atomic E-state index is 12.5. The van der Waals surface area contributed by atoms with Crippen LogP contribution < -0.4 is 5.73 Å². The molecule has 5 heteroatoms. The number of carboxylic acids is 1. The van der Waals surface area contributed by atoms with Crippen molar-refractivity contribution in [2.24, 2.45) is 5.73 Å². The van der Waals surface area contributed by atoms with Gasteiger partial charge in [-0.05, 0) is 13.8 Å². The SMILES string of the molecule is CC(C)(F)[C@@H](N)C(=O)O.Cl. The van der Waals surface area contributed by atoms with E-state index in [0.29, 0.717) is 0 Å². The highest BCUT2D eigenvalue weighted by Crippen LogP contribution is 2.11. The Hall–Kier alpha value is -0.350. The first-order chi connectivity index (χ1) is 3.85. The van der Waals surface area contributed by atoms with E-state index in [2.05, 4.69) is 0 Å². The zero-order valence-electron chi connectivity index (χ0n) is 5.80. The summed E-state index contributed by atoms with van der Waals surface area (Å²) >= 11 is 0. The molecular formula is C5H11ClFNO2. The second kappa shape index (κ2) is 3.73. The van der Waals surface area contributed by atoms with Crippen molar-refractivity contribution in [3.8, 4) is 0 Å². The van der Waals surface area contributed by atoms with Crippen molar-refractivity contribution < 1.29 is 14.3 Å². The molecule has 0 fully saturated rings. The average molecular weight is 172 g/mol. The van der Waals surface area contributed by atoms with Gasteiger partial charge in [0.25, 0.3) is 0 Å². The van der Waals surface area contributed by atoms with Gasteiger partial charge in [0, 0.05) is 0 Å². The monoisotopic (exact) mass is 171 g/mol. The Kier molecular flexibility index (Phi) is 4.60. The summed E-state index contributed by atoms with van der Waals surface area (Å²) in [5.74, 6) is -1.32. The van der Waals surface area contributed by atoms with Crippen LogP contribution in [0.5, 0.6) is 0 Å². The van der Waals surface area contributed by atoms with E-state index in [9.17, 15) is 9.18 Å². The number of hydrogen-bond donors (Lipinski definition) is 2. The molecule has 0 aromatic rings. The Morgan fingerprint density at radius 2 is 2.00 bits per heavy atom. The van der Waals surface area contributed by atoms with Crippen molar-refractivity contribution in [3.63, 3.8) is 0 Å². The van der Waals surface area contributed by atoms with Gasteiger partial charge < -0.3 is 10.8 Å². The fourth-order valence-electron chi connectivity index (χ4n) is 0.294. The number of alkyl halides is 1. The third kappa shape index (κ3) is 3.63. The second-order valence-electron chi connectivity index (χ2n) is 2.38. The lowest BCUT2D eigenvalue weighted by molar-refractivity contribution is -0.141. The Labute approximate surface area is 64.8 Å². The van der Waals surface area contributed by atoms with Gasteiger partial charge in [-0.1, -0.05) is 0 Å². The summed E-state index contributed by atoms with van der Waals surface area (Å²) in [7, 11) is 0. The first-order valence-corrected chi connectivity index (χ1v) is 2.53. The van der Waals surface area contributed by atoms with E-state index in [1.165, 1.54) is 0 Å². The van der Waals surface area contributed by atoms with Gasteiger partial charge in [0.05, 0.1) is 0 Å². The fourth-order valence-corrected chi connectivity index (χ4v) is 0.294. The van der Waals surface area contributed by atoms with Gasteiger partial charge in [-0.3, -0.25) is 4.79 Å². The minimum atomic E-state index is -1.84. The number of carboxylic acid groups (broad SMARTS) is 1. The molecule has 0 aliphatic carbocycles. The van der Waals surface area contributed by atoms with Gasteiger partial charge in [-0.2, -0.15) is 0 Å². The van der Waals surface area contributed by atoms with Crippen LogP contribution in [0.15, 0.2) is 0 Å². The fraction of sp³-hybridized carbons (Fsp3) is 0.800. The summed E-state index contributed by atoms with van der Waals surface area (Å²) in [5.41, 5.74) is 3.08. The number of rotatable bonds is 2. The van der Waals surface area contributed by atoms with Gasteiger partial charge >= 0.3 is 5.97 Å². The Bertz CT molecular complexity index is 123. The summed E-state index contributed by atoms with van der Waals surface area (Å²) in [5, 5.41) is 8.15. The van der Waals surface area contributed by atoms with Crippen LogP contribution in [0, 0.1) is 0 Å². The van der Waals surface area contributed by atoms with E-state index >= 15 is 0 Å². The third-order valence-electron chi connectivity index (χ3n) is 1.01. The highest BCUT2D eigenvalue weighted by Gasteiger charge is 2.31. The minimum Gasteiger partial charge on any atom is -0.480 e. The summed E-state index contributed by atoms with van der Waals surface area (Å²) in [6, 6.07) is -1.43. The molecule has 3 N–H and O–H groups in total. The van der Waals surface area contributed by atoms with Crippen molar-refractivity contribution in [2.75, 3.05) is 0 Å². The Morgan fingerprint density at radius 1 is 1.70 bits per heavy atom. The third-order valence-corrected chi connectivity index (χ3v) is 1.01. The summed E-state index contributed by atoms with van der Waals surface area (Å²) < 4.78 is 12.5. The molecule has 0 saturated carbocycles. The first kappa shape index (κ1) is 12.3. The lowest BCUT2D eigenvalue weighted by Crippen LogP contribution is -2.45. The van der Waals surface area contributed by atoms with Crippen molar-refractivity contribution in [1.82, 2.24) is 0 Å². The van der Waals surface area contributed by atoms with Crippen LogP contribution >= 0.6 is 12.4 Å². The normalized spacial score (nSPS) is 13.6. The van der Waals surface area contributed by atoms with Crippen molar-refractivity contribution >= 4 is 18.4 Å². The number of aliphatic carboxylic acids is 1. The summed E-state index contributed by atoms with van der Waals surface area (Å²) in [6.45, 7) is 2.26. The van der Waals surface area contributed by atoms with E-state index in [1.807, 2.05) is 0 Å². The number of carbonyl (C=O) groups is 1. The maximum atomic E-state index is 12.5. The van der Waals surface area contributed by atoms with Gasteiger partial charge in [-0.15, -0.1) is 12.4 Å². The molecule has 0 radical (unpaired) electrons. The molecule has 0 spiro atoms. The predicted octanol–water partition coefficient (Wildman–Crippen LogP) is 0.568. The molecule has 3 nitrogen and oxygen atoms in total. The lowest BCUT2D eigenvalue weighted by atomic mass is 10.0. The summed E-state index contributed by atoms with van der Waals surface area (Å²) in [4.78, 5) is 9.98. The van der Waals surface area contributed by atoms with E-state index in [1.54, 1.807) is 0 Å². The van der Waals surface area contributed by atoms with E-state index in [0.717, 1.165) is 13.8 Å². The zero-order valence-corrected chi connectivity index (χ0v) is 6.61. The molecule has 0 aromatic carbocycles. The standard InChI is InChI=1S/C5H10FNO2.ClH/c1-5(2,6)3(7)4(8)9;/h3H,7H2,1-2H3,(H,8,9);1H/t3-;/m0./s1. The second-order valence-corrected chi connectivity index (χ2v) is 2.38. The molecule has 62 valence electrons. The van der Waals surface area contributed by atoms with Gasteiger partial charge in [0.2, 0.25) is 0 Å². The van der Waals surface area contributed by atoms with E-state index in [-0.39, 0.29) is 12.4 Å². The van der Waals surface area contributed by atoms with Crippen molar-refractivity contribution in [2.45, 2.75) is 25.6 Å². The first-order valence-electron chi connectivity index (χ1n) is 2.53. The van der Waals surface area contributed by atoms with Crippen molar-refractivity contribution in [1.29, 1.82) is 0 Å². The van der Waals surface area contributed by atoms with Crippen LogP contribution in [0.25, 0.3) is 0 Å². The Balaban J connectivity index is 0. The molecule has 1 atom stereocenters. The molecule has 0 bridgehead atoms. The van der Waals surface area contributed by atoms with Gasteiger partial charge in [0.1, 0.15) is 11.7 Å². The van der Waals surface area contributed by atoms with Gasteiger partial charge in [-0.25, -0.2) is 4.39 Å². The quantitative estimate of drug-likeness (QED) is 0.639. The lowest BCUT2D eigenvalue weighted by Gasteiger charge is -2.17. The molecule has 0 saturated heterocycles. The minimum absolute atomic E-state index is 0. The van der Waals surface area contributed by atoms with Crippen LogP contribution in [-0.2, 0) is 4.79 Å². The van der Waals surface area contributed by atoms with Crippen LogP contribution in [-0.4, -0.2) is 22.8 Å². The number of nitrogens with two attached hydrogens (primary N) is 1. The number of halogens is 2. The number of hydrogen-bond acceptors (Lipinski definition) is 2. The molecule has 0 amide bonds. The molecular weight excluding hydrogens is 161 g/mol. The highest BCUT2D eigenvalue weighted by molar-refractivity contribution is 5.85. The Morgan fingerprint density at radius 3 is 2.00 bits per heavy atom. The van der Waals surface area contributed by atoms with Crippen LogP contribution in [0.2, 0.25) is 0 Å². The van der Waals surface area contributed by atoms with Crippen molar-refractivity contribution in [3.05, 3.63) is 0 Å². The zero-order chi connectivity index (χ0) is 7.65. The van der Waals surface area contributed by atoms with Crippen LogP contribution in [0.3, 0.4) is 0 Å². The molecule has 10 heavy (non-hydrogen) atoms. The largest absolute Gasteiger partial charge is 0.480 e. The molecule has 0 aliphatic heterocycles. The summed E-state index contributed by atoms with van der Waals surface area (Å²) in [6.07, 6.45) is 0. The highest BCUT2D eigenvalue weighted by atomic mass is 35.5. The van der Waals surface area contributed by atoms with Crippen LogP contribution in [0.1, 0.15) is 13.8 Å². The van der Waals surface area contributed by atoms with Gasteiger partial charge in [0.15, 0.2) is 0 Å². The van der Waals surface area contributed by atoms with E-state index in [4.69, 9.17) is 10.8 Å². The van der Waals surface area contributed by atoms with Crippen LogP contribution in [0.4, 0.5) is 4.39 Å². The molecule has 0 rings (SSSR count). The average Bonchev–Trinajstić information content (AvgIpc) is 1.62. The molecule has 0 aromatic heterocycles. The smallest absolute Gasteiger partial charge is 0.323 e. The topological polar surface area (TPSA) is 63.3 Å². The molecule has 0 heterocycles.